The molecule has 0 unspecified atom stereocenters. The molecule has 0 aromatic carbocycles. The zero-order valence-electron chi connectivity index (χ0n) is 5.34. The van der Waals surface area contributed by atoms with Gasteiger partial charge in [0.25, 0.3) is 0 Å². The van der Waals surface area contributed by atoms with Gasteiger partial charge >= 0.3 is 0 Å². The summed E-state index contributed by atoms with van der Waals surface area (Å²) < 4.78 is 17.2. The van der Waals surface area contributed by atoms with E-state index in [0.717, 1.165) is 0 Å². The van der Waals surface area contributed by atoms with Crippen molar-refractivity contribution in [3.63, 3.8) is 0 Å². The van der Waals surface area contributed by atoms with Crippen LogP contribution in [-0.4, -0.2) is 12.1 Å². The Morgan fingerprint density at radius 2 is 2.40 bits per heavy atom. The molecule has 0 aliphatic carbocycles. The molecule has 1 aromatic rings. The standard InChI is InChI=1S/C6H6FNOS/c1-9-6-5(7)2-4(10)3-8-6/h2-3,10H,1H3. The fraction of sp³-hybridized carbons (Fsp3) is 0.167. The summed E-state index contributed by atoms with van der Waals surface area (Å²) in [6.45, 7) is 0. The Hall–Kier alpha value is -0.770. The number of nitrogens with zero attached hydrogens (tertiary/aromatic N) is 1. The topological polar surface area (TPSA) is 22.1 Å². The van der Waals surface area contributed by atoms with Gasteiger partial charge in [0.15, 0.2) is 5.82 Å². The maximum absolute atomic E-state index is 12.6. The van der Waals surface area contributed by atoms with Crippen molar-refractivity contribution < 1.29 is 9.13 Å². The summed E-state index contributed by atoms with van der Waals surface area (Å²) in [5.74, 6) is -0.493. The van der Waals surface area contributed by atoms with Crippen LogP contribution in [0.3, 0.4) is 0 Å². The lowest BCUT2D eigenvalue weighted by Crippen LogP contribution is -1.90. The minimum atomic E-state index is -0.491. The normalized spacial score (nSPS) is 9.50. The molecule has 1 aromatic heterocycles. The van der Waals surface area contributed by atoms with Crippen LogP contribution >= 0.6 is 12.6 Å². The number of halogens is 1. The van der Waals surface area contributed by atoms with E-state index in [4.69, 9.17) is 0 Å². The minimum absolute atomic E-state index is 0.00204. The third-order valence-electron chi connectivity index (χ3n) is 0.986. The van der Waals surface area contributed by atoms with E-state index in [1.54, 1.807) is 0 Å². The van der Waals surface area contributed by atoms with Crippen LogP contribution in [0.25, 0.3) is 0 Å². The van der Waals surface area contributed by atoms with Crippen molar-refractivity contribution in [2.24, 2.45) is 0 Å². The quantitative estimate of drug-likeness (QED) is 0.627. The Balaban J connectivity index is 3.07. The molecule has 0 amide bonds. The van der Waals surface area contributed by atoms with Crippen LogP contribution in [0.2, 0.25) is 0 Å². The molecule has 0 radical (unpaired) electrons. The van der Waals surface area contributed by atoms with Crippen LogP contribution in [0, 0.1) is 5.82 Å². The molecule has 0 saturated heterocycles. The van der Waals surface area contributed by atoms with Gasteiger partial charge in [-0.3, -0.25) is 0 Å². The van der Waals surface area contributed by atoms with Gasteiger partial charge in [0.05, 0.1) is 7.11 Å². The molecule has 1 rings (SSSR count). The molecule has 0 saturated carbocycles. The lowest BCUT2D eigenvalue weighted by molar-refractivity contribution is 0.368. The molecule has 10 heavy (non-hydrogen) atoms. The smallest absolute Gasteiger partial charge is 0.250 e. The Kier molecular flexibility index (Phi) is 2.11. The van der Waals surface area contributed by atoms with E-state index >= 15 is 0 Å². The van der Waals surface area contributed by atoms with Gasteiger partial charge in [0, 0.05) is 11.1 Å². The summed E-state index contributed by atoms with van der Waals surface area (Å²) in [6.07, 6.45) is 1.42. The third kappa shape index (κ3) is 1.39. The Morgan fingerprint density at radius 3 is 2.90 bits per heavy atom. The van der Waals surface area contributed by atoms with Crippen LogP contribution in [0.1, 0.15) is 0 Å². The van der Waals surface area contributed by atoms with Gasteiger partial charge in [-0.1, -0.05) is 0 Å². The summed E-state index contributed by atoms with van der Waals surface area (Å²) in [4.78, 5) is 4.11. The second-order valence-corrected chi connectivity index (χ2v) is 2.20. The third-order valence-corrected chi connectivity index (χ3v) is 1.23. The molecule has 0 atom stereocenters. The molecule has 0 bridgehead atoms. The molecule has 54 valence electrons. The maximum atomic E-state index is 12.6. The largest absolute Gasteiger partial charge is 0.479 e. The Bertz CT molecular complexity index is 241. The minimum Gasteiger partial charge on any atom is -0.479 e. The average molecular weight is 159 g/mol. The van der Waals surface area contributed by atoms with Gasteiger partial charge in [-0.2, -0.15) is 0 Å². The van der Waals surface area contributed by atoms with Crippen LogP contribution < -0.4 is 4.74 Å². The lowest BCUT2D eigenvalue weighted by atomic mass is 10.5. The van der Waals surface area contributed by atoms with Crippen molar-refractivity contribution >= 4 is 12.6 Å². The monoisotopic (exact) mass is 159 g/mol. The van der Waals surface area contributed by atoms with Crippen LogP contribution in [0.15, 0.2) is 17.2 Å². The van der Waals surface area contributed by atoms with Crippen molar-refractivity contribution in [2.75, 3.05) is 7.11 Å². The second kappa shape index (κ2) is 2.88. The predicted octanol–water partition coefficient (Wildman–Crippen LogP) is 1.52. The summed E-state index contributed by atoms with van der Waals surface area (Å²) in [5.41, 5.74) is 0. The Morgan fingerprint density at radius 1 is 1.70 bits per heavy atom. The average Bonchev–Trinajstić information content (AvgIpc) is 1.88. The molecule has 1 heterocycles. The van der Waals surface area contributed by atoms with Gasteiger partial charge < -0.3 is 4.74 Å². The van der Waals surface area contributed by atoms with Gasteiger partial charge in [0.1, 0.15) is 0 Å². The van der Waals surface area contributed by atoms with Crippen LogP contribution in [0.5, 0.6) is 5.88 Å². The first kappa shape index (κ1) is 7.34. The van der Waals surface area contributed by atoms with E-state index in [1.807, 2.05) is 0 Å². The van der Waals surface area contributed by atoms with Crippen molar-refractivity contribution in [3.8, 4) is 5.88 Å². The summed E-state index contributed by atoms with van der Waals surface area (Å²) in [6, 6.07) is 1.24. The van der Waals surface area contributed by atoms with Crippen molar-refractivity contribution in [3.05, 3.63) is 18.1 Å². The van der Waals surface area contributed by atoms with Crippen molar-refractivity contribution in [1.29, 1.82) is 0 Å². The van der Waals surface area contributed by atoms with E-state index in [2.05, 4.69) is 22.3 Å². The number of ether oxygens (including phenoxy) is 1. The summed E-state index contributed by atoms with van der Waals surface area (Å²) >= 11 is 3.88. The first-order valence-corrected chi connectivity index (χ1v) is 3.07. The van der Waals surface area contributed by atoms with E-state index in [-0.39, 0.29) is 5.88 Å². The SMILES string of the molecule is COc1ncc(S)cc1F. The fourth-order valence-electron chi connectivity index (χ4n) is 0.565. The first-order chi connectivity index (χ1) is 4.74. The van der Waals surface area contributed by atoms with Crippen molar-refractivity contribution in [1.82, 2.24) is 4.98 Å². The van der Waals surface area contributed by atoms with Gasteiger partial charge in [0.2, 0.25) is 5.88 Å². The highest BCUT2D eigenvalue weighted by Gasteiger charge is 2.01. The predicted molar refractivity (Wildman–Crippen MR) is 38.0 cm³/mol. The van der Waals surface area contributed by atoms with Gasteiger partial charge in [-0.15, -0.1) is 12.6 Å². The lowest BCUT2D eigenvalue weighted by Gasteiger charge is -1.98. The zero-order chi connectivity index (χ0) is 7.56. The molecule has 0 aliphatic rings. The number of hydrogen-bond acceptors (Lipinski definition) is 3. The number of rotatable bonds is 1. The van der Waals surface area contributed by atoms with Crippen LogP contribution in [0.4, 0.5) is 4.39 Å². The van der Waals surface area contributed by atoms with Crippen LogP contribution in [-0.2, 0) is 0 Å². The zero-order valence-corrected chi connectivity index (χ0v) is 6.23. The number of pyridine rings is 1. The van der Waals surface area contributed by atoms with E-state index < -0.39 is 5.82 Å². The number of thiol groups is 1. The molecule has 0 N–H and O–H groups in total. The molecule has 0 fully saturated rings. The highest BCUT2D eigenvalue weighted by Crippen LogP contribution is 2.15. The van der Waals surface area contributed by atoms with E-state index in [9.17, 15) is 4.39 Å². The second-order valence-electron chi connectivity index (χ2n) is 1.68. The molecular formula is C6H6FNOS. The van der Waals surface area contributed by atoms with Gasteiger partial charge in [-0.05, 0) is 6.07 Å². The van der Waals surface area contributed by atoms with Crippen molar-refractivity contribution in [2.45, 2.75) is 4.90 Å². The highest BCUT2D eigenvalue weighted by atomic mass is 32.1. The first-order valence-electron chi connectivity index (χ1n) is 2.62. The summed E-state index contributed by atoms with van der Waals surface area (Å²) in [5, 5.41) is 0. The molecular weight excluding hydrogens is 153 g/mol. The van der Waals surface area contributed by atoms with E-state index in [1.165, 1.54) is 19.4 Å². The maximum Gasteiger partial charge on any atom is 0.250 e. The molecule has 0 spiro atoms. The van der Waals surface area contributed by atoms with Gasteiger partial charge in [-0.25, -0.2) is 9.37 Å². The fourth-order valence-corrected chi connectivity index (χ4v) is 0.737. The molecule has 4 heteroatoms. The highest BCUT2D eigenvalue weighted by molar-refractivity contribution is 7.80. The van der Waals surface area contributed by atoms with E-state index in [0.29, 0.717) is 4.90 Å². The number of hydrogen-bond donors (Lipinski definition) is 1. The molecule has 2 nitrogen and oxygen atoms in total. The number of methoxy groups -OCH3 is 1. The Labute approximate surface area is 63.5 Å². The molecule has 0 aliphatic heterocycles. The summed E-state index contributed by atoms with van der Waals surface area (Å²) in [7, 11) is 1.36. The number of aromatic nitrogens is 1.